The van der Waals surface area contributed by atoms with E-state index in [0.29, 0.717) is 11.8 Å². The van der Waals surface area contributed by atoms with Gasteiger partial charge < -0.3 is 0 Å². The Balaban J connectivity index is 1.98. The maximum Gasteiger partial charge on any atom is 0.0144 e. The van der Waals surface area contributed by atoms with Gasteiger partial charge in [-0.15, -0.1) is 0 Å². The first-order valence-electron chi connectivity index (χ1n) is 10.0. The van der Waals surface area contributed by atoms with Crippen LogP contribution in [0.25, 0.3) is 0 Å². The van der Waals surface area contributed by atoms with Crippen LogP contribution in [0.5, 0.6) is 0 Å². The Kier molecular flexibility index (Phi) is 5.81. The summed E-state index contributed by atoms with van der Waals surface area (Å²) in [7, 11) is 0. The fraction of sp³-hybridized carbons (Fsp3) is 0.385. The molecular weight excluding hydrogens is 312 g/mol. The standard InChI is InChI=1S/C26H32/c1-5-20(2)24-18-12-17-23(24)19-26(3,4)25(21-13-8-6-9-14-21)22-15-10-7-11-16-22/h6-16,18,20,25H,5,17,19H2,1-4H3. The van der Waals surface area contributed by atoms with Crippen LogP contribution in [0.3, 0.4) is 0 Å². The van der Waals surface area contributed by atoms with Crippen molar-refractivity contribution in [3.05, 3.63) is 95.1 Å². The number of allylic oxidation sites excluding steroid dienone is 4. The Labute approximate surface area is 159 Å². The summed E-state index contributed by atoms with van der Waals surface area (Å²) in [5.74, 6) is 1.06. The zero-order valence-electron chi connectivity index (χ0n) is 16.7. The molecule has 0 saturated carbocycles. The Hall–Kier alpha value is -2.08. The number of benzene rings is 2. The molecule has 0 heterocycles. The first kappa shape index (κ1) is 18.7. The quantitative estimate of drug-likeness (QED) is 0.486. The topological polar surface area (TPSA) is 0 Å². The minimum absolute atomic E-state index is 0.156. The molecule has 0 radical (unpaired) electrons. The normalized spacial score (nSPS) is 15.7. The van der Waals surface area contributed by atoms with Gasteiger partial charge in [-0.3, -0.25) is 0 Å². The lowest BCUT2D eigenvalue weighted by Gasteiger charge is -2.36. The van der Waals surface area contributed by atoms with Crippen LogP contribution in [0, 0.1) is 11.3 Å². The second-order valence-electron chi connectivity index (χ2n) is 8.39. The molecule has 0 saturated heterocycles. The van der Waals surface area contributed by atoms with Crippen molar-refractivity contribution in [2.75, 3.05) is 0 Å². The summed E-state index contributed by atoms with van der Waals surface area (Å²) < 4.78 is 0. The lowest BCUT2D eigenvalue weighted by Crippen LogP contribution is -2.24. The van der Waals surface area contributed by atoms with Gasteiger partial charge in [-0.1, -0.05) is 106 Å². The van der Waals surface area contributed by atoms with Crippen LogP contribution in [0.2, 0.25) is 0 Å². The maximum atomic E-state index is 2.44. The van der Waals surface area contributed by atoms with Crippen LogP contribution in [0.15, 0.2) is 84.0 Å². The molecule has 2 aromatic rings. The lowest BCUT2D eigenvalue weighted by molar-refractivity contribution is 0.311. The largest absolute Gasteiger partial charge is 0.0802 e. The monoisotopic (exact) mass is 344 g/mol. The lowest BCUT2D eigenvalue weighted by atomic mass is 9.67. The summed E-state index contributed by atoms with van der Waals surface area (Å²) in [6.45, 7) is 9.54. The summed E-state index contributed by atoms with van der Waals surface area (Å²) in [6, 6.07) is 22.1. The van der Waals surface area contributed by atoms with Crippen molar-refractivity contribution in [1.29, 1.82) is 0 Å². The minimum Gasteiger partial charge on any atom is -0.0802 e. The summed E-state index contributed by atoms with van der Waals surface area (Å²) in [4.78, 5) is 0. The fourth-order valence-corrected chi connectivity index (χ4v) is 4.51. The van der Waals surface area contributed by atoms with Gasteiger partial charge in [-0.05, 0) is 47.3 Å². The highest BCUT2D eigenvalue weighted by Crippen LogP contribution is 2.47. The zero-order valence-corrected chi connectivity index (χ0v) is 16.7. The van der Waals surface area contributed by atoms with Gasteiger partial charge in [-0.2, -0.15) is 0 Å². The van der Waals surface area contributed by atoms with E-state index in [1.54, 1.807) is 11.1 Å². The first-order chi connectivity index (χ1) is 12.5. The van der Waals surface area contributed by atoms with Gasteiger partial charge in [0, 0.05) is 5.92 Å². The molecule has 0 spiro atoms. The zero-order chi connectivity index (χ0) is 18.6. The van der Waals surface area contributed by atoms with E-state index in [4.69, 9.17) is 0 Å². The molecular formula is C26H32. The molecule has 26 heavy (non-hydrogen) atoms. The molecule has 3 rings (SSSR count). The third-order valence-electron chi connectivity index (χ3n) is 5.93. The van der Waals surface area contributed by atoms with E-state index in [2.05, 4.69) is 101 Å². The summed E-state index contributed by atoms with van der Waals surface area (Å²) in [5.41, 5.74) is 6.21. The predicted octanol–water partition coefficient (Wildman–Crippen LogP) is 7.54. The fourth-order valence-electron chi connectivity index (χ4n) is 4.51. The van der Waals surface area contributed by atoms with Crippen molar-refractivity contribution in [2.24, 2.45) is 11.3 Å². The minimum atomic E-state index is 0.156. The third-order valence-corrected chi connectivity index (χ3v) is 5.93. The number of rotatable bonds is 7. The molecule has 0 fully saturated rings. The summed E-state index contributed by atoms with van der Waals surface area (Å²) in [5, 5.41) is 0. The highest BCUT2D eigenvalue weighted by atomic mass is 14.4. The number of hydrogen-bond donors (Lipinski definition) is 0. The van der Waals surface area contributed by atoms with Crippen LogP contribution in [-0.2, 0) is 0 Å². The molecule has 0 N–H and O–H groups in total. The molecule has 2 aromatic carbocycles. The summed E-state index contributed by atoms with van der Waals surface area (Å²) >= 11 is 0. The summed E-state index contributed by atoms with van der Waals surface area (Å²) in [6.07, 6.45) is 8.21. The Bertz CT molecular complexity index is 723. The maximum absolute atomic E-state index is 2.44. The molecule has 0 heteroatoms. The van der Waals surface area contributed by atoms with Crippen molar-refractivity contribution >= 4 is 0 Å². The molecule has 1 aliphatic carbocycles. The van der Waals surface area contributed by atoms with Crippen LogP contribution in [-0.4, -0.2) is 0 Å². The molecule has 1 unspecified atom stereocenters. The van der Waals surface area contributed by atoms with Crippen LogP contribution in [0.4, 0.5) is 0 Å². The Morgan fingerprint density at radius 1 is 0.885 bits per heavy atom. The predicted molar refractivity (Wildman–Crippen MR) is 113 cm³/mol. The smallest absolute Gasteiger partial charge is 0.0144 e. The van der Waals surface area contributed by atoms with E-state index >= 15 is 0 Å². The first-order valence-corrected chi connectivity index (χ1v) is 10.0. The van der Waals surface area contributed by atoms with Gasteiger partial charge in [0.25, 0.3) is 0 Å². The molecule has 1 aliphatic rings. The number of hydrogen-bond acceptors (Lipinski definition) is 0. The van der Waals surface area contributed by atoms with Gasteiger partial charge in [-0.25, -0.2) is 0 Å². The van der Waals surface area contributed by atoms with Gasteiger partial charge in [0.2, 0.25) is 0 Å². The van der Waals surface area contributed by atoms with Gasteiger partial charge >= 0.3 is 0 Å². The molecule has 1 atom stereocenters. The van der Waals surface area contributed by atoms with E-state index in [0.717, 1.165) is 12.8 Å². The third kappa shape index (κ3) is 4.01. The van der Waals surface area contributed by atoms with Crippen LogP contribution in [0.1, 0.15) is 64.0 Å². The van der Waals surface area contributed by atoms with Gasteiger partial charge in [0.1, 0.15) is 0 Å². The van der Waals surface area contributed by atoms with E-state index in [9.17, 15) is 0 Å². The van der Waals surface area contributed by atoms with Crippen molar-refractivity contribution in [3.8, 4) is 0 Å². The average Bonchev–Trinajstić information content (AvgIpc) is 3.10. The molecule has 136 valence electrons. The van der Waals surface area contributed by atoms with Crippen LogP contribution < -0.4 is 0 Å². The second-order valence-corrected chi connectivity index (χ2v) is 8.39. The highest BCUT2D eigenvalue weighted by molar-refractivity contribution is 5.39. The van der Waals surface area contributed by atoms with Gasteiger partial charge in [0.05, 0.1) is 0 Å². The molecule has 0 aliphatic heterocycles. The Morgan fingerprint density at radius 3 is 1.92 bits per heavy atom. The SMILES string of the molecule is CCC(C)C1=C(CC(C)(C)C(c2ccccc2)c2ccccc2)CC=C1. The molecule has 0 nitrogen and oxygen atoms in total. The van der Waals surface area contributed by atoms with E-state index < -0.39 is 0 Å². The Morgan fingerprint density at radius 2 is 1.42 bits per heavy atom. The van der Waals surface area contributed by atoms with Crippen molar-refractivity contribution in [3.63, 3.8) is 0 Å². The van der Waals surface area contributed by atoms with Crippen molar-refractivity contribution in [2.45, 2.75) is 52.9 Å². The van der Waals surface area contributed by atoms with Crippen molar-refractivity contribution < 1.29 is 0 Å². The average molecular weight is 345 g/mol. The van der Waals surface area contributed by atoms with Crippen LogP contribution >= 0.6 is 0 Å². The van der Waals surface area contributed by atoms with E-state index in [1.807, 2.05) is 0 Å². The van der Waals surface area contributed by atoms with Gasteiger partial charge in [0.15, 0.2) is 0 Å². The molecule has 0 amide bonds. The second kappa shape index (κ2) is 8.08. The van der Waals surface area contributed by atoms with E-state index in [-0.39, 0.29) is 5.41 Å². The molecule has 0 bridgehead atoms. The molecule has 0 aromatic heterocycles. The van der Waals surface area contributed by atoms with E-state index in [1.165, 1.54) is 17.5 Å². The van der Waals surface area contributed by atoms with Crippen molar-refractivity contribution in [1.82, 2.24) is 0 Å². The highest BCUT2D eigenvalue weighted by Gasteiger charge is 2.34.